The highest BCUT2D eigenvalue weighted by Crippen LogP contribution is 2.27. The lowest BCUT2D eigenvalue weighted by molar-refractivity contribution is 0.557. The molecule has 96 valence electrons. The van der Waals surface area contributed by atoms with Gasteiger partial charge in [0.15, 0.2) is 0 Å². The Morgan fingerprint density at radius 2 is 2.17 bits per heavy atom. The molecule has 0 amide bonds. The van der Waals surface area contributed by atoms with Crippen molar-refractivity contribution in [3.05, 3.63) is 44.4 Å². The van der Waals surface area contributed by atoms with Gasteiger partial charge in [-0.1, -0.05) is 33.8 Å². The van der Waals surface area contributed by atoms with E-state index in [1.54, 1.807) is 6.07 Å². The third-order valence-electron chi connectivity index (χ3n) is 2.63. The van der Waals surface area contributed by atoms with Crippen molar-refractivity contribution >= 4 is 34.7 Å². The highest BCUT2D eigenvalue weighted by Gasteiger charge is 2.16. The van der Waals surface area contributed by atoms with Crippen molar-refractivity contribution in [3.8, 4) is 0 Å². The normalized spacial score (nSPS) is 12.7. The van der Waals surface area contributed by atoms with Crippen LogP contribution in [0.4, 0.5) is 0 Å². The third kappa shape index (κ3) is 2.99. The molecule has 0 aliphatic rings. The monoisotopic (exact) mass is 302 g/mol. The van der Waals surface area contributed by atoms with Gasteiger partial charge in [0.25, 0.3) is 0 Å². The number of hydrogen-bond donors (Lipinski definition) is 2. The van der Waals surface area contributed by atoms with Crippen molar-refractivity contribution in [1.29, 1.82) is 0 Å². The van der Waals surface area contributed by atoms with E-state index in [9.17, 15) is 0 Å². The van der Waals surface area contributed by atoms with E-state index >= 15 is 0 Å². The summed E-state index contributed by atoms with van der Waals surface area (Å²) in [5.41, 5.74) is 4.73. The number of aromatic nitrogens is 2. The first-order chi connectivity index (χ1) is 8.61. The molecule has 0 aliphatic heterocycles. The molecule has 1 aromatic heterocycles. The summed E-state index contributed by atoms with van der Waals surface area (Å²) in [4.78, 5) is 1.03. The van der Waals surface area contributed by atoms with Gasteiger partial charge in [0.2, 0.25) is 0 Å². The molecular formula is C11H12Cl2N4S. The standard InChI is InChI=1S/C11H12Cl2N4S/c1-6-11(18-17-16-6)10(15-14)5-7-2-3-8(12)9(13)4-7/h2-4,10,15H,5,14H2,1H3. The maximum atomic E-state index is 5.99. The minimum absolute atomic E-state index is 0.0257. The van der Waals surface area contributed by atoms with Gasteiger partial charge in [0.05, 0.1) is 26.7 Å². The first-order valence-corrected chi connectivity index (χ1v) is 6.83. The van der Waals surface area contributed by atoms with Crippen molar-refractivity contribution in [3.63, 3.8) is 0 Å². The lowest BCUT2D eigenvalue weighted by Gasteiger charge is -2.14. The van der Waals surface area contributed by atoms with Crippen LogP contribution in [0.1, 0.15) is 22.2 Å². The van der Waals surface area contributed by atoms with Gasteiger partial charge in [0.1, 0.15) is 0 Å². The highest BCUT2D eigenvalue weighted by molar-refractivity contribution is 7.05. The summed E-state index contributed by atoms with van der Waals surface area (Å²) >= 11 is 13.2. The number of benzene rings is 1. The first kappa shape index (κ1) is 13.7. The molecule has 2 aromatic rings. The van der Waals surface area contributed by atoms with Crippen molar-refractivity contribution in [1.82, 2.24) is 15.0 Å². The lowest BCUT2D eigenvalue weighted by Crippen LogP contribution is -2.29. The number of rotatable bonds is 4. The van der Waals surface area contributed by atoms with Gasteiger partial charge < -0.3 is 0 Å². The summed E-state index contributed by atoms with van der Waals surface area (Å²) in [5, 5.41) is 5.08. The van der Waals surface area contributed by atoms with E-state index in [4.69, 9.17) is 29.0 Å². The van der Waals surface area contributed by atoms with Gasteiger partial charge in [-0.2, -0.15) is 0 Å². The van der Waals surface area contributed by atoms with Crippen LogP contribution in [0.5, 0.6) is 0 Å². The Labute approximate surface area is 119 Å². The average molecular weight is 303 g/mol. The molecule has 3 N–H and O–H groups in total. The molecule has 1 atom stereocenters. The van der Waals surface area contributed by atoms with E-state index in [2.05, 4.69) is 15.0 Å². The number of nitrogens with zero attached hydrogens (tertiary/aromatic N) is 2. The van der Waals surface area contributed by atoms with Crippen molar-refractivity contribution < 1.29 is 0 Å². The first-order valence-electron chi connectivity index (χ1n) is 5.30. The van der Waals surface area contributed by atoms with Gasteiger partial charge >= 0.3 is 0 Å². The minimum Gasteiger partial charge on any atom is -0.271 e. The van der Waals surface area contributed by atoms with Crippen molar-refractivity contribution in [2.75, 3.05) is 0 Å². The van der Waals surface area contributed by atoms with E-state index in [-0.39, 0.29) is 6.04 Å². The second-order valence-corrected chi connectivity index (χ2v) is 5.49. The van der Waals surface area contributed by atoms with Crippen LogP contribution in [-0.4, -0.2) is 9.59 Å². The number of nitrogens with one attached hydrogen (secondary N) is 1. The van der Waals surface area contributed by atoms with Crippen LogP contribution in [0.2, 0.25) is 10.0 Å². The topological polar surface area (TPSA) is 63.8 Å². The van der Waals surface area contributed by atoms with Gasteiger partial charge in [-0.25, -0.2) is 0 Å². The van der Waals surface area contributed by atoms with Crippen LogP contribution >= 0.6 is 34.7 Å². The number of halogens is 2. The quantitative estimate of drug-likeness (QED) is 0.673. The van der Waals surface area contributed by atoms with Crippen LogP contribution < -0.4 is 11.3 Å². The van der Waals surface area contributed by atoms with Gasteiger partial charge in [0, 0.05) is 0 Å². The van der Waals surface area contributed by atoms with Crippen molar-refractivity contribution in [2.24, 2.45) is 5.84 Å². The molecule has 1 heterocycles. The van der Waals surface area contributed by atoms with Crippen LogP contribution in [0, 0.1) is 6.92 Å². The van der Waals surface area contributed by atoms with Gasteiger partial charge in [-0.15, -0.1) is 5.10 Å². The zero-order valence-corrected chi connectivity index (χ0v) is 12.0. The molecule has 0 saturated heterocycles. The Balaban J connectivity index is 2.20. The molecule has 0 radical (unpaired) electrons. The average Bonchev–Trinajstić information content (AvgIpc) is 2.77. The second-order valence-electron chi connectivity index (χ2n) is 3.89. The molecular weight excluding hydrogens is 291 g/mol. The third-order valence-corrected chi connectivity index (χ3v) is 4.31. The van der Waals surface area contributed by atoms with Crippen molar-refractivity contribution in [2.45, 2.75) is 19.4 Å². The molecule has 4 nitrogen and oxygen atoms in total. The SMILES string of the molecule is Cc1nnsc1C(Cc1ccc(Cl)c(Cl)c1)NN. The van der Waals surface area contributed by atoms with Crippen LogP contribution in [0.3, 0.4) is 0 Å². The number of hydrogen-bond acceptors (Lipinski definition) is 5. The molecule has 0 spiro atoms. The fraction of sp³-hybridized carbons (Fsp3) is 0.273. The smallest absolute Gasteiger partial charge is 0.0773 e. The fourth-order valence-corrected chi connectivity index (χ4v) is 2.71. The van der Waals surface area contributed by atoms with E-state index in [1.807, 2.05) is 19.1 Å². The van der Waals surface area contributed by atoms with Crippen LogP contribution in [-0.2, 0) is 6.42 Å². The molecule has 0 bridgehead atoms. The minimum atomic E-state index is -0.0257. The molecule has 0 saturated carbocycles. The number of aryl methyl sites for hydroxylation is 1. The zero-order valence-electron chi connectivity index (χ0n) is 9.65. The van der Waals surface area contributed by atoms with Crippen LogP contribution in [0.25, 0.3) is 0 Å². The highest BCUT2D eigenvalue weighted by atomic mass is 35.5. The number of hydrazine groups is 1. The Bertz CT molecular complexity index is 544. The Morgan fingerprint density at radius 3 is 2.72 bits per heavy atom. The summed E-state index contributed by atoms with van der Waals surface area (Å²) < 4.78 is 3.91. The molecule has 1 aromatic carbocycles. The fourth-order valence-electron chi connectivity index (χ4n) is 1.69. The Kier molecular flexibility index (Phi) is 4.53. The molecule has 7 heteroatoms. The van der Waals surface area contributed by atoms with Crippen LogP contribution in [0.15, 0.2) is 18.2 Å². The van der Waals surface area contributed by atoms with E-state index < -0.39 is 0 Å². The largest absolute Gasteiger partial charge is 0.271 e. The summed E-state index contributed by atoms with van der Waals surface area (Å²) in [6, 6.07) is 5.53. The predicted molar refractivity (Wildman–Crippen MR) is 74.9 cm³/mol. The molecule has 1 unspecified atom stereocenters. The van der Waals surface area contributed by atoms with E-state index in [1.165, 1.54) is 11.5 Å². The van der Waals surface area contributed by atoms with Gasteiger partial charge in [-0.3, -0.25) is 11.3 Å². The maximum absolute atomic E-state index is 5.99. The van der Waals surface area contributed by atoms with Gasteiger partial charge in [-0.05, 0) is 42.6 Å². The van der Waals surface area contributed by atoms with E-state index in [0.29, 0.717) is 16.5 Å². The molecule has 0 fully saturated rings. The Morgan fingerprint density at radius 1 is 1.39 bits per heavy atom. The van der Waals surface area contributed by atoms with E-state index in [0.717, 1.165) is 16.1 Å². The Hall–Kier alpha value is -0.720. The maximum Gasteiger partial charge on any atom is 0.0773 e. The lowest BCUT2D eigenvalue weighted by atomic mass is 10.0. The summed E-state index contributed by atoms with van der Waals surface area (Å²) in [6.45, 7) is 1.91. The predicted octanol–water partition coefficient (Wildman–Crippen LogP) is 2.90. The summed E-state index contributed by atoms with van der Waals surface area (Å²) in [5.74, 6) is 5.59. The molecule has 18 heavy (non-hydrogen) atoms. The second kappa shape index (κ2) is 5.95. The molecule has 2 rings (SSSR count). The summed E-state index contributed by atoms with van der Waals surface area (Å²) in [7, 11) is 0. The zero-order chi connectivity index (χ0) is 13.1. The number of nitrogens with two attached hydrogens (primary N) is 1. The summed E-state index contributed by atoms with van der Waals surface area (Å²) in [6.07, 6.45) is 0.706. The molecule has 0 aliphatic carbocycles.